The van der Waals surface area contributed by atoms with Gasteiger partial charge in [0.15, 0.2) is 0 Å². The number of aryl methyl sites for hydroxylation is 1. The van der Waals surface area contributed by atoms with Crippen molar-refractivity contribution in [1.29, 1.82) is 0 Å². The van der Waals surface area contributed by atoms with Crippen molar-refractivity contribution >= 4 is 6.08 Å². The SMILES string of the molecule is Cc1cc(C=C(CO)C2CCCCC2)ccc1F. The van der Waals surface area contributed by atoms with Crippen LogP contribution in [0.1, 0.15) is 43.2 Å². The van der Waals surface area contributed by atoms with Crippen molar-refractivity contribution in [3.05, 3.63) is 40.7 Å². The van der Waals surface area contributed by atoms with Gasteiger partial charge in [-0.2, -0.15) is 0 Å². The minimum absolute atomic E-state index is 0.112. The monoisotopic (exact) mass is 248 g/mol. The van der Waals surface area contributed by atoms with E-state index in [2.05, 4.69) is 0 Å². The molecule has 0 amide bonds. The highest BCUT2D eigenvalue weighted by Crippen LogP contribution is 2.30. The van der Waals surface area contributed by atoms with Gasteiger partial charge in [0, 0.05) is 0 Å². The first-order valence-electron chi connectivity index (χ1n) is 6.78. The van der Waals surface area contributed by atoms with Crippen LogP contribution in [0, 0.1) is 18.7 Å². The van der Waals surface area contributed by atoms with Crippen LogP contribution < -0.4 is 0 Å². The molecular weight excluding hydrogens is 227 g/mol. The molecule has 0 aromatic heterocycles. The van der Waals surface area contributed by atoms with Crippen LogP contribution in [0.2, 0.25) is 0 Å². The highest BCUT2D eigenvalue weighted by molar-refractivity contribution is 5.54. The van der Waals surface area contributed by atoms with E-state index in [4.69, 9.17) is 0 Å². The number of hydrogen-bond donors (Lipinski definition) is 1. The summed E-state index contributed by atoms with van der Waals surface area (Å²) < 4.78 is 13.2. The zero-order valence-corrected chi connectivity index (χ0v) is 11.0. The predicted octanol–water partition coefficient (Wildman–Crippen LogP) is 4.09. The number of halogens is 1. The molecule has 18 heavy (non-hydrogen) atoms. The number of aliphatic hydroxyl groups is 1. The lowest BCUT2D eigenvalue weighted by Gasteiger charge is -2.23. The Kier molecular flexibility index (Phi) is 4.54. The fourth-order valence-corrected chi connectivity index (χ4v) is 2.74. The largest absolute Gasteiger partial charge is 0.392 e. The van der Waals surface area contributed by atoms with Gasteiger partial charge in [0.1, 0.15) is 5.82 Å². The number of benzene rings is 1. The third kappa shape index (κ3) is 3.20. The van der Waals surface area contributed by atoms with Crippen molar-refractivity contribution in [3.8, 4) is 0 Å². The van der Waals surface area contributed by atoms with Gasteiger partial charge in [0.05, 0.1) is 6.61 Å². The number of aliphatic hydroxyl groups excluding tert-OH is 1. The summed E-state index contributed by atoms with van der Waals surface area (Å²) in [6, 6.07) is 5.12. The van der Waals surface area contributed by atoms with Gasteiger partial charge in [-0.1, -0.05) is 31.4 Å². The first-order chi connectivity index (χ1) is 8.70. The molecule has 2 rings (SSSR count). The first-order valence-corrected chi connectivity index (χ1v) is 6.78. The summed E-state index contributed by atoms with van der Waals surface area (Å²) in [6.45, 7) is 1.88. The van der Waals surface area contributed by atoms with E-state index in [0.717, 1.165) is 11.1 Å². The van der Waals surface area contributed by atoms with Crippen LogP contribution in [0.4, 0.5) is 4.39 Å². The molecule has 1 nitrogen and oxygen atoms in total. The normalized spacial score (nSPS) is 18.1. The molecule has 1 N–H and O–H groups in total. The fraction of sp³-hybridized carbons (Fsp3) is 0.500. The summed E-state index contributed by atoms with van der Waals surface area (Å²) in [6.07, 6.45) is 8.20. The second-order valence-electron chi connectivity index (χ2n) is 5.22. The molecule has 2 heteroatoms. The van der Waals surface area contributed by atoms with E-state index in [1.54, 1.807) is 13.0 Å². The van der Waals surface area contributed by atoms with Gasteiger partial charge in [0.25, 0.3) is 0 Å². The van der Waals surface area contributed by atoms with E-state index < -0.39 is 0 Å². The van der Waals surface area contributed by atoms with Crippen molar-refractivity contribution in [3.63, 3.8) is 0 Å². The van der Waals surface area contributed by atoms with Gasteiger partial charge in [-0.15, -0.1) is 0 Å². The molecule has 0 heterocycles. The first kappa shape index (κ1) is 13.3. The Labute approximate surface area is 108 Å². The van der Waals surface area contributed by atoms with Gasteiger partial charge < -0.3 is 5.11 Å². The number of rotatable bonds is 3. The Morgan fingerprint density at radius 1 is 1.33 bits per heavy atom. The predicted molar refractivity (Wildman–Crippen MR) is 72.8 cm³/mol. The molecule has 1 saturated carbocycles. The maximum absolute atomic E-state index is 13.2. The van der Waals surface area contributed by atoms with Crippen molar-refractivity contribution in [2.24, 2.45) is 5.92 Å². The molecular formula is C16H21FO. The molecule has 0 atom stereocenters. The maximum Gasteiger partial charge on any atom is 0.126 e. The molecule has 0 spiro atoms. The summed E-state index contributed by atoms with van der Waals surface area (Å²) in [5.41, 5.74) is 2.74. The van der Waals surface area contributed by atoms with Crippen molar-refractivity contribution < 1.29 is 9.50 Å². The van der Waals surface area contributed by atoms with Crippen LogP contribution in [-0.2, 0) is 0 Å². The fourth-order valence-electron chi connectivity index (χ4n) is 2.74. The summed E-state index contributed by atoms with van der Waals surface area (Å²) in [7, 11) is 0. The Morgan fingerprint density at radius 2 is 2.06 bits per heavy atom. The molecule has 0 radical (unpaired) electrons. The highest BCUT2D eigenvalue weighted by Gasteiger charge is 2.17. The quantitative estimate of drug-likeness (QED) is 0.854. The Bertz CT molecular complexity index is 431. The molecule has 0 bridgehead atoms. The van der Waals surface area contributed by atoms with Crippen LogP contribution >= 0.6 is 0 Å². The molecule has 0 aliphatic heterocycles. The average Bonchev–Trinajstić information content (AvgIpc) is 2.41. The molecule has 1 aliphatic carbocycles. The van der Waals surface area contributed by atoms with E-state index >= 15 is 0 Å². The highest BCUT2D eigenvalue weighted by atomic mass is 19.1. The zero-order chi connectivity index (χ0) is 13.0. The van der Waals surface area contributed by atoms with Gasteiger partial charge in [-0.25, -0.2) is 4.39 Å². The van der Waals surface area contributed by atoms with E-state index in [0.29, 0.717) is 11.5 Å². The Morgan fingerprint density at radius 3 is 2.67 bits per heavy atom. The van der Waals surface area contributed by atoms with Crippen LogP contribution in [-0.4, -0.2) is 11.7 Å². The molecule has 0 unspecified atom stereocenters. The van der Waals surface area contributed by atoms with Gasteiger partial charge in [0.2, 0.25) is 0 Å². The van der Waals surface area contributed by atoms with E-state index in [1.165, 1.54) is 38.2 Å². The molecule has 1 fully saturated rings. The minimum atomic E-state index is -0.171. The minimum Gasteiger partial charge on any atom is -0.392 e. The Balaban J connectivity index is 2.19. The molecule has 1 aromatic rings. The van der Waals surface area contributed by atoms with Crippen molar-refractivity contribution in [2.45, 2.75) is 39.0 Å². The van der Waals surface area contributed by atoms with Crippen molar-refractivity contribution in [2.75, 3.05) is 6.61 Å². The van der Waals surface area contributed by atoms with Crippen LogP contribution in [0.15, 0.2) is 23.8 Å². The third-order valence-electron chi connectivity index (χ3n) is 3.85. The van der Waals surface area contributed by atoms with E-state index in [9.17, 15) is 9.50 Å². The van der Waals surface area contributed by atoms with Crippen LogP contribution in [0.3, 0.4) is 0 Å². The lowest BCUT2D eigenvalue weighted by molar-refractivity contribution is 0.295. The summed E-state index contributed by atoms with van der Waals surface area (Å²) in [5.74, 6) is 0.337. The molecule has 1 aromatic carbocycles. The maximum atomic E-state index is 13.2. The molecule has 98 valence electrons. The smallest absolute Gasteiger partial charge is 0.126 e. The lowest BCUT2D eigenvalue weighted by atomic mass is 9.83. The average molecular weight is 248 g/mol. The summed E-state index contributed by atoms with van der Waals surface area (Å²) >= 11 is 0. The van der Waals surface area contributed by atoms with Gasteiger partial charge in [-0.3, -0.25) is 0 Å². The van der Waals surface area contributed by atoms with E-state index in [1.807, 2.05) is 12.1 Å². The second kappa shape index (κ2) is 6.14. The lowest BCUT2D eigenvalue weighted by Crippen LogP contribution is -2.11. The zero-order valence-electron chi connectivity index (χ0n) is 11.0. The van der Waals surface area contributed by atoms with Gasteiger partial charge in [-0.05, 0) is 54.5 Å². The molecule has 1 aliphatic rings. The standard InChI is InChI=1S/C16H21FO/c1-12-9-13(7-8-16(12)17)10-15(11-18)14-5-3-2-4-6-14/h7-10,14,18H,2-6,11H2,1H3. The number of hydrogen-bond acceptors (Lipinski definition) is 1. The molecule has 0 saturated heterocycles. The third-order valence-corrected chi connectivity index (χ3v) is 3.85. The van der Waals surface area contributed by atoms with Crippen LogP contribution in [0.5, 0.6) is 0 Å². The van der Waals surface area contributed by atoms with Gasteiger partial charge >= 0.3 is 0 Å². The summed E-state index contributed by atoms with van der Waals surface area (Å²) in [5, 5.41) is 9.52. The van der Waals surface area contributed by atoms with Crippen LogP contribution in [0.25, 0.3) is 6.08 Å². The van der Waals surface area contributed by atoms with E-state index in [-0.39, 0.29) is 12.4 Å². The Hall–Kier alpha value is -1.15. The second-order valence-corrected chi connectivity index (χ2v) is 5.22. The topological polar surface area (TPSA) is 20.2 Å². The van der Waals surface area contributed by atoms with Crippen molar-refractivity contribution in [1.82, 2.24) is 0 Å². The summed E-state index contributed by atoms with van der Waals surface area (Å²) in [4.78, 5) is 0.